The van der Waals surface area contributed by atoms with Crippen molar-refractivity contribution in [3.8, 4) is 0 Å². The van der Waals surface area contributed by atoms with Crippen molar-refractivity contribution in [3.05, 3.63) is 89.5 Å². The van der Waals surface area contributed by atoms with Gasteiger partial charge in [-0.2, -0.15) is 0 Å². The fourth-order valence-corrected chi connectivity index (χ4v) is 4.93. The molecule has 33 heavy (non-hydrogen) atoms. The minimum atomic E-state index is -3.74. The molecule has 0 spiro atoms. The first-order chi connectivity index (χ1) is 15.8. The number of nitrogens with one attached hydrogen (secondary N) is 3. The van der Waals surface area contributed by atoms with Gasteiger partial charge in [-0.1, -0.05) is 36.4 Å². The Bertz CT molecular complexity index is 1230. The number of likely N-dealkylation sites (N-methyl/N-ethyl adjacent to an activating group) is 1. The second-order valence-electron chi connectivity index (χ2n) is 8.33. The second-order valence-corrected chi connectivity index (χ2v) is 10.0. The third-order valence-corrected chi connectivity index (χ3v) is 7.13. The van der Waals surface area contributed by atoms with Crippen molar-refractivity contribution in [2.24, 2.45) is 0 Å². The Kier molecular flexibility index (Phi) is 6.67. The van der Waals surface area contributed by atoms with Gasteiger partial charge >= 0.3 is 6.03 Å². The maximum Gasteiger partial charge on any atom is 0.319 e. The molecule has 1 aliphatic rings. The van der Waals surface area contributed by atoms with Crippen LogP contribution in [0.4, 0.5) is 16.2 Å². The van der Waals surface area contributed by atoms with Crippen LogP contribution in [-0.2, 0) is 23.0 Å². The van der Waals surface area contributed by atoms with Gasteiger partial charge < -0.3 is 15.5 Å². The lowest BCUT2D eigenvalue weighted by atomic mass is 10.00. The lowest BCUT2D eigenvalue weighted by Crippen LogP contribution is -2.31. The van der Waals surface area contributed by atoms with Crippen molar-refractivity contribution in [1.82, 2.24) is 10.2 Å². The van der Waals surface area contributed by atoms with Crippen molar-refractivity contribution in [3.63, 3.8) is 0 Å². The normalized spacial score (nSPS) is 14.7. The molecule has 0 aliphatic carbocycles. The van der Waals surface area contributed by atoms with Crippen LogP contribution < -0.4 is 15.4 Å². The Morgan fingerprint density at radius 1 is 0.939 bits per heavy atom. The molecule has 1 heterocycles. The fraction of sp³-hybridized carbons (Fsp3) is 0.240. The molecule has 3 aromatic rings. The average Bonchev–Trinajstić information content (AvgIpc) is 2.80. The molecule has 3 aromatic carbocycles. The summed E-state index contributed by atoms with van der Waals surface area (Å²) in [6.45, 7) is 3.72. The first-order valence-corrected chi connectivity index (χ1v) is 12.3. The second kappa shape index (κ2) is 9.64. The zero-order chi connectivity index (χ0) is 23.4. The van der Waals surface area contributed by atoms with Gasteiger partial charge in [-0.05, 0) is 73.5 Å². The predicted octanol–water partition coefficient (Wildman–Crippen LogP) is 4.36. The number of rotatable bonds is 6. The topological polar surface area (TPSA) is 90.5 Å². The van der Waals surface area contributed by atoms with Crippen molar-refractivity contribution in [2.75, 3.05) is 23.6 Å². The number of nitrogens with zero attached hydrogens (tertiary/aromatic N) is 1. The van der Waals surface area contributed by atoms with E-state index in [0.717, 1.165) is 25.1 Å². The third kappa shape index (κ3) is 5.71. The van der Waals surface area contributed by atoms with Gasteiger partial charge in [0, 0.05) is 24.5 Å². The summed E-state index contributed by atoms with van der Waals surface area (Å²) in [5, 5.41) is 5.61. The van der Waals surface area contributed by atoms with E-state index in [4.69, 9.17) is 0 Å². The highest BCUT2D eigenvalue weighted by atomic mass is 32.2. The van der Waals surface area contributed by atoms with E-state index in [1.54, 1.807) is 18.2 Å². The number of hydrogen-bond acceptors (Lipinski definition) is 4. The zero-order valence-electron chi connectivity index (χ0n) is 18.7. The summed E-state index contributed by atoms with van der Waals surface area (Å²) in [5.74, 6) is 0. The zero-order valence-corrected chi connectivity index (χ0v) is 19.5. The van der Waals surface area contributed by atoms with E-state index in [1.807, 2.05) is 49.4 Å². The molecule has 0 bridgehead atoms. The van der Waals surface area contributed by atoms with E-state index < -0.39 is 10.0 Å². The molecule has 2 amide bonds. The van der Waals surface area contributed by atoms with Gasteiger partial charge in [0.1, 0.15) is 0 Å². The van der Waals surface area contributed by atoms with Crippen molar-refractivity contribution in [2.45, 2.75) is 30.8 Å². The standard InChI is InChI=1S/C25H28N4O3S/c1-18(19-6-4-3-5-7-19)26-25(30)27-22-10-12-24(13-11-22)33(31,32)28-23-9-8-21-17-29(2)15-14-20(21)16-23/h3-13,16,18,28H,14-15,17H2,1-2H3,(H2,26,27,30). The summed E-state index contributed by atoms with van der Waals surface area (Å²) < 4.78 is 28.3. The molecule has 8 heteroatoms. The summed E-state index contributed by atoms with van der Waals surface area (Å²) in [5.41, 5.74) is 4.44. The largest absolute Gasteiger partial charge is 0.331 e. The van der Waals surface area contributed by atoms with Gasteiger partial charge in [0.15, 0.2) is 0 Å². The quantitative estimate of drug-likeness (QED) is 0.506. The number of amides is 2. The first kappa shape index (κ1) is 22.8. The van der Waals surface area contributed by atoms with E-state index >= 15 is 0 Å². The molecular formula is C25H28N4O3S. The van der Waals surface area contributed by atoms with E-state index in [1.165, 1.54) is 23.3 Å². The molecule has 1 atom stereocenters. The molecular weight excluding hydrogens is 436 g/mol. The summed E-state index contributed by atoms with van der Waals surface area (Å²) >= 11 is 0. The third-order valence-electron chi connectivity index (χ3n) is 5.73. The highest BCUT2D eigenvalue weighted by Crippen LogP contribution is 2.24. The molecule has 0 saturated heterocycles. The number of carbonyl (C=O) groups excluding carboxylic acids is 1. The predicted molar refractivity (Wildman–Crippen MR) is 131 cm³/mol. The smallest absolute Gasteiger partial charge is 0.319 e. The Morgan fingerprint density at radius 2 is 1.64 bits per heavy atom. The van der Waals surface area contributed by atoms with Crippen LogP contribution >= 0.6 is 0 Å². The van der Waals surface area contributed by atoms with Crippen LogP contribution in [-0.4, -0.2) is 32.9 Å². The van der Waals surface area contributed by atoms with Crippen LogP contribution in [0.1, 0.15) is 29.7 Å². The molecule has 0 aromatic heterocycles. The summed E-state index contributed by atoms with van der Waals surface area (Å²) in [6, 6.07) is 20.9. The minimum Gasteiger partial charge on any atom is -0.331 e. The fourth-order valence-electron chi connectivity index (χ4n) is 3.88. The molecule has 0 saturated carbocycles. The maximum atomic E-state index is 12.8. The van der Waals surface area contributed by atoms with Gasteiger partial charge in [-0.15, -0.1) is 0 Å². The Balaban J connectivity index is 1.38. The molecule has 4 rings (SSSR count). The Hall–Kier alpha value is -3.36. The lowest BCUT2D eigenvalue weighted by Gasteiger charge is -2.25. The van der Waals surface area contributed by atoms with Crippen molar-refractivity contribution >= 4 is 27.4 Å². The van der Waals surface area contributed by atoms with Gasteiger partial charge in [0.05, 0.1) is 10.9 Å². The molecule has 172 valence electrons. The summed E-state index contributed by atoms with van der Waals surface area (Å²) in [6.07, 6.45) is 0.896. The van der Waals surface area contributed by atoms with Gasteiger partial charge in [-0.3, -0.25) is 4.72 Å². The molecule has 3 N–H and O–H groups in total. The Labute approximate surface area is 194 Å². The van der Waals surface area contributed by atoms with E-state index in [0.29, 0.717) is 11.4 Å². The minimum absolute atomic E-state index is 0.128. The van der Waals surface area contributed by atoms with Crippen molar-refractivity contribution in [1.29, 1.82) is 0 Å². The SMILES string of the molecule is CC(NC(=O)Nc1ccc(S(=O)(=O)Nc2ccc3c(c2)CCN(C)C3)cc1)c1ccccc1. The van der Waals surface area contributed by atoms with Gasteiger partial charge in [0.25, 0.3) is 10.0 Å². The number of fused-ring (bicyclic) bond motifs is 1. The van der Waals surface area contributed by atoms with Crippen molar-refractivity contribution < 1.29 is 13.2 Å². The van der Waals surface area contributed by atoms with Crippen LogP contribution in [0.25, 0.3) is 0 Å². The molecule has 1 unspecified atom stereocenters. The van der Waals surface area contributed by atoms with Crippen LogP contribution in [0.15, 0.2) is 77.7 Å². The molecule has 7 nitrogen and oxygen atoms in total. The maximum absolute atomic E-state index is 12.8. The number of urea groups is 1. The van der Waals surface area contributed by atoms with Crippen LogP contribution in [0, 0.1) is 0 Å². The molecule has 0 radical (unpaired) electrons. The lowest BCUT2D eigenvalue weighted by molar-refractivity contribution is 0.249. The van der Waals surface area contributed by atoms with E-state index in [2.05, 4.69) is 27.3 Å². The van der Waals surface area contributed by atoms with E-state index in [9.17, 15) is 13.2 Å². The average molecular weight is 465 g/mol. The number of anilines is 2. The Morgan fingerprint density at radius 3 is 2.36 bits per heavy atom. The van der Waals surface area contributed by atoms with Crippen LogP contribution in [0.3, 0.4) is 0 Å². The number of hydrogen-bond donors (Lipinski definition) is 3. The molecule has 0 fully saturated rings. The summed E-state index contributed by atoms with van der Waals surface area (Å²) in [4.78, 5) is 14.7. The monoisotopic (exact) mass is 464 g/mol. The summed E-state index contributed by atoms with van der Waals surface area (Å²) in [7, 11) is -1.66. The van der Waals surface area contributed by atoms with Gasteiger partial charge in [0.2, 0.25) is 0 Å². The highest BCUT2D eigenvalue weighted by molar-refractivity contribution is 7.92. The number of carbonyl (C=O) groups is 1. The highest BCUT2D eigenvalue weighted by Gasteiger charge is 2.18. The van der Waals surface area contributed by atoms with E-state index in [-0.39, 0.29) is 17.0 Å². The first-order valence-electron chi connectivity index (χ1n) is 10.9. The number of sulfonamides is 1. The van der Waals surface area contributed by atoms with Crippen LogP contribution in [0.2, 0.25) is 0 Å². The molecule has 1 aliphatic heterocycles. The number of benzene rings is 3. The van der Waals surface area contributed by atoms with Gasteiger partial charge in [-0.25, -0.2) is 13.2 Å². The van der Waals surface area contributed by atoms with Crippen LogP contribution in [0.5, 0.6) is 0 Å².